The zero-order valence-electron chi connectivity index (χ0n) is 21.2. The van der Waals surface area contributed by atoms with Gasteiger partial charge in [0.1, 0.15) is 10.9 Å². The van der Waals surface area contributed by atoms with Crippen LogP contribution in [0.2, 0.25) is 0 Å². The molecule has 0 amide bonds. The molecule has 3 aromatic rings. The summed E-state index contributed by atoms with van der Waals surface area (Å²) in [5, 5.41) is 2.91. The number of carbonyl (C=O) groups is 2. The van der Waals surface area contributed by atoms with E-state index in [0.717, 1.165) is 27.4 Å². The first-order valence-electron chi connectivity index (χ1n) is 12.1. The van der Waals surface area contributed by atoms with E-state index in [-0.39, 0.29) is 13.2 Å². The van der Waals surface area contributed by atoms with Crippen molar-refractivity contribution in [2.45, 2.75) is 40.5 Å². The van der Waals surface area contributed by atoms with Crippen molar-refractivity contribution >= 4 is 29.0 Å². The fourth-order valence-corrected chi connectivity index (χ4v) is 5.44. The number of hydrogen-bond donors (Lipinski definition) is 0. The summed E-state index contributed by atoms with van der Waals surface area (Å²) in [5.74, 6) is -2.16. The lowest BCUT2D eigenvalue weighted by Crippen LogP contribution is -2.36. The Bertz CT molecular complexity index is 1350. The number of aliphatic imine (C=N–C) groups is 1. The summed E-state index contributed by atoms with van der Waals surface area (Å²) in [4.78, 5) is 35.5. The fraction of sp³-hybridized carbons (Fsp3) is 0.310. The number of ether oxygens (including phenoxy) is 2. The molecule has 0 spiro atoms. The van der Waals surface area contributed by atoms with Crippen molar-refractivity contribution in [3.05, 3.63) is 76.3 Å². The van der Waals surface area contributed by atoms with Crippen molar-refractivity contribution in [3.8, 4) is 21.8 Å². The third-order valence-corrected chi connectivity index (χ3v) is 7.07. The van der Waals surface area contributed by atoms with Crippen LogP contribution in [-0.4, -0.2) is 35.8 Å². The van der Waals surface area contributed by atoms with Crippen LogP contribution in [0.5, 0.6) is 0 Å². The summed E-state index contributed by atoms with van der Waals surface area (Å²) in [7, 11) is 0. The normalized spacial score (nSPS) is 17.5. The van der Waals surface area contributed by atoms with E-state index in [1.165, 1.54) is 5.56 Å². The molecule has 4 rings (SSSR count). The molecular weight excluding hydrogens is 472 g/mol. The average molecular weight is 503 g/mol. The van der Waals surface area contributed by atoms with Gasteiger partial charge in [-0.3, -0.25) is 9.79 Å². The van der Waals surface area contributed by atoms with E-state index in [9.17, 15) is 9.59 Å². The van der Waals surface area contributed by atoms with Crippen LogP contribution < -0.4 is 0 Å². The standard InChI is InChI=1S/C29H30N2O4S/c1-6-34-28(32)24-18(4)30-19(5)25(29(33)35-7-2)26(24)21-12-9-13-22(15-21)27-31-23(16-36-27)20-11-8-10-17(3)14-20/h8-16,24,26H,6-7H2,1-5H3. The van der Waals surface area contributed by atoms with E-state index in [0.29, 0.717) is 17.0 Å². The number of esters is 2. The molecule has 2 aromatic carbocycles. The molecule has 0 fully saturated rings. The molecule has 0 saturated heterocycles. The van der Waals surface area contributed by atoms with Gasteiger partial charge in [-0.2, -0.15) is 0 Å². The van der Waals surface area contributed by atoms with E-state index < -0.39 is 23.8 Å². The zero-order chi connectivity index (χ0) is 25.8. The van der Waals surface area contributed by atoms with Gasteiger partial charge in [0.05, 0.1) is 24.5 Å². The lowest BCUT2D eigenvalue weighted by molar-refractivity contribution is -0.146. The minimum atomic E-state index is -0.720. The van der Waals surface area contributed by atoms with E-state index in [2.05, 4.69) is 30.1 Å². The molecule has 2 atom stereocenters. The van der Waals surface area contributed by atoms with E-state index >= 15 is 0 Å². The first-order valence-corrected chi connectivity index (χ1v) is 12.9. The van der Waals surface area contributed by atoms with Crippen molar-refractivity contribution < 1.29 is 19.1 Å². The second-order valence-electron chi connectivity index (χ2n) is 8.71. The van der Waals surface area contributed by atoms with Crippen molar-refractivity contribution in [1.29, 1.82) is 0 Å². The molecule has 0 saturated carbocycles. The molecule has 0 aliphatic carbocycles. The summed E-state index contributed by atoms with van der Waals surface area (Å²) in [6.45, 7) is 9.65. The molecule has 1 aliphatic rings. The Hall–Kier alpha value is -3.58. The SMILES string of the molecule is CCOC(=O)C1=C(C)N=C(C)C(C(=O)OCC)C1c1cccc(-c2nc(-c3cccc(C)c3)cs2)c1. The summed E-state index contributed by atoms with van der Waals surface area (Å²) < 4.78 is 10.8. The van der Waals surface area contributed by atoms with Gasteiger partial charge >= 0.3 is 11.9 Å². The average Bonchev–Trinajstić information content (AvgIpc) is 3.34. The van der Waals surface area contributed by atoms with Gasteiger partial charge in [0.15, 0.2) is 0 Å². The van der Waals surface area contributed by atoms with Crippen LogP contribution in [0.1, 0.15) is 44.7 Å². The first-order chi connectivity index (χ1) is 17.3. The van der Waals surface area contributed by atoms with Gasteiger partial charge < -0.3 is 9.47 Å². The Balaban J connectivity index is 1.78. The van der Waals surface area contributed by atoms with E-state index in [4.69, 9.17) is 14.5 Å². The number of aromatic nitrogens is 1. The maximum Gasteiger partial charge on any atom is 0.336 e. The Morgan fingerprint density at radius 1 is 0.944 bits per heavy atom. The van der Waals surface area contributed by atoms with Gasteiger partial charge in [0, 0.05) is 33.8 Å². The predicted molar refractivity (Wildman–Crippen MR) is 143 cm³/mol. The lowest BCUT2D eigenvalue weighted by atomic mass is 9.75. The molecule has 186 valence electrons. The summed E-state index contributed by atoms with van der Waals surface area (Å²) >= 11 is 1.56. The Morgan fingerprint density at radius 2 is 1.67 bits per heavy atom. The Kier molecular flexibility index (Phi) is 7.79. The monoisotopic (exact) mass is 502 g/mol. The molecule has 1 aromatic heterocycles. The molecule has 0 radical (unpaired) electrons. The van der Waals surface area contributed by atoms with Crippen molar-refractivity contribution in [1.82, 2.24) is 4.98 Å². The van der Waals surface area contributed by atoms with Gasteiger partial charge in [-0.25, -0.2) is 9.78 Å². The van der Waals surface area contributed by atoms with Crippen LogP contribution in [0.4, 0.5) is 0 Å². The third-order valence-electron chi connectivity index (χ3n) is 6.17. The highest BCUT2D eigenvalue weighted by Gasteiger charge is 2.42. The highest BCUT2D eigenvalue weighted by molar-refractivity contribution is 7.13. The van der Waals surface area contributed by atoms with Crippen molar-refractivity contribution in [2.75, 3.05) is 13.2 Å². The number of aryl methyl sites for hydroxylation is 1. The Labute approximate surface area is 215 Å². The summed E-state index contributed by atoms with van der Waals surface area (Å²) in [5.41, 5.74) is 6.45. The smallest absolute Gasteiger partial charge is 0.336 e. The van der Waals surface area contributed by atoms with Crippen molar-refractivity contribution in [2.24, 2.45) is 10.9 Å². The highest BCUT2D eigenvalue weighted by atomic mass is 32.1. The molecule has 6 nitrogen and oxygen atoms in total. The van der Waals surface area contributed by atoms with Gasteiger partial charge in [0.25, 0.3) is 0 Å². The predicted octanol–water partition coefficient (Wildman–Crippen LogP) is 6.36. The van der Waals surface area contributed by atoms with Crippen LogP contribution in [-0.2, 0) is 19.1 Å². The van der Waals surface area contributed by atoms with Gasteiger partial charge in [0.2, 0.25) is 0 Å². The van der Waals surface area contributed by atoms with Gasteiger partial charge in [-0.1, -0.05) is 42.0 Å². The molecule has 0 bridgehead atoms. The highest BCUT2D eigenvalue weighted by Crippen LogP contribution is 2.41. The minimum Gasteiger partial charge on any atom is -0.465 e. The largest absolute Gasteiger partial charge is 0.465 e. The second kappa shape index (κ2) is 11.0. The quantitative estimate of drug-likeness (QED) is 0.351. The number of thiazole rings is 1. The summed E-state index contributed by atoms with van der Waals surface area (Å²) in [6, 6.07) is 16.1. The van der Waals surface area contributed by atoms with Crippen LogP contribution in [0, 0.1) is 12.8 Å². The van der Waals surface area contributed by atoms with Crippen LogP contribution >= 0.6 is 11.3 Å². The lowest BCUT2D eigenvalue weighted by Gasteiger charge is -2.31. The van der Waals surface area contributed by atoms with Gasteiger partial charge in [-0.05, 0) is 52.3 Å². The number of carbonyl (C=O) groups excluding carboxylic acids is 2. The number of allylic oxidation sites excluding steroid dienone is 1. The maximum absolute atomic E-state index is 13.1. The molecular formula is C29H30N2O4S. The minimum absolute atomic E-state index is 0.232. The maximum atomic E-state index is 13.1. The summed E-state index contributed by atoms with van der Waals surface area (Å²) in [6.07, 6.45) is 0. The van der Waals surface area contributed by atoms with E-state index in [1.54, 1.807) is 39.0 Å². The zero-order valence-corrected chi connectivity index (χ0v) is 22.0. The van der Waals surface area contributed by atoms with Crippen LogP contribution in [0.25, 0.3) is 21.8 Å². The Morgan fingerprint density at radius 3 is 2.39 bits per heavy atom. The van der Waals surface area contributed by atoms with E-state index in [1.807, 2.05) is 35.7 Å². The number of rotatable bonds is 7. The molecule has 7 heteroatoms. The van der Waals surface area contributed by atoms with Gasteiger partial charge in [-0.15, -0.1) is 11.3 Å². The second-order valence-corrected chi connectivity index (χ2v) is 9.57. The fourth-order valence-electron chi connectivity index (χ4n) is 4.62. The number of nitrogens with zero attached hydrogens (tertiary/aromatic N) is 2. The van der Waals surface area contributed by atoms with Crippen LogP contribution in [0.3, 0.4) is 0 Å². The third kappa shape index (κ3) is 5.16. The molecule has 2 unspecified atom stereocenters. The number of benzene rings is 2. The van der Waals surface area contributed by atoms with Crippen LogP contribution in [0.15, 0.2) is 70.2 Å². The first kappa shape index (κ1) is 25.5. The topological polar surface area (TPSA) is 77.8 Å². The molecule has 36 heavy (non-hydrogen) atoms. The molecule has 2 heterocycles. The molecule has 1 aliphatic heterocycles. The van der Waals surface area contributed by atoms with Crippen molar-refractivity contribution in [3.63, 3.8) is 0 Å². The number of hydrogen-bond acceptors (Lipinski definition) is 7. The molecule has 0 N–H and O–H groups in total.